The number of quaternary nitrogens is 1. The Hall–Kier alpha value is -1.98. The molecule has 0 spiro atoms. The van der Waals surface area contributed by atoms with Crippen LogP contribution in [0.5, 0.6) is 0 Å². The van der Waals surface area contributed by atoms with Crippen LogP contribution in [0.25, 0.3) is 21.8 Å². The molecule has 2 N–H and O–H groups in total. The van der Waals surface area contributed by atoms with E-state index in [4.69, 9.17) is 0 Å². The van der Waals surface area contributed by atoms with E-state index in [2.05, 4.69) is 48.0 Å². The predicted octanol–water partition coefficient (Wildman–Crippen LogP) is 0.759. The number of para-hydroxylation sites is 1. The van der Waals surface area contributed by atoms with E-state index in [-0.39, 0.29) is 5.37 Å². The summed E-state index contributed by atoms with van der Waals surface area (Å²) in [5.41, 5.74) is 3.58. The molecule has 0 saturated carbocycles. The minimum absolute atomic E-state index is 0.131. The molecular formula is C17H16N2O2S. The summed E-state index contributed by atoms with van der Waals surface area (Å²) in [4.78, 5) is 11.0. The van der Waals surface area contributed by atoms with Crippen molar-refractivity contribution in [2.45, 2.75) is 11.4 Å². The fourth-order valence-corrected chi connectivity index (χ4v) is 4.55. The zero-order chi connectivity index (χ0) is 15.3. The lowest BCUT2D eigenvalue weighted by Crippen LogP contribution is -2.90. The summed E-state index contributed by atoms with van der Waals surface area (Å²) in [6.07, 6.45) is 0. The van der Waals surface area contributed by atoms with Crippen molar-refractivity contribution in [3.8, 4) is 0 Å². The first-order valence-corrected chi connectivity index (χ1v) is 8.34. The van der Waals surface area contributed by atoms with Crippen LogP contribution in [0.3, 0.4) is 0 Å². The van der Waals surface area contributed by atoms with Crippen LogP contribution in [0.1, 0.15) is 10.9 Å². The predicted molar refractivity (Wildman–Crippen MR) is 86.3 cm³/mol. The number of fused-ring (bicyclic) bond motifs is 3. The van der Waals surface area contributed by atoms with Gasteiger partial charge in [-0.15, -0.1) is 0 Å². The van der Waals surface area contributed by atoms with Crippen LogP contribution in [0.2, 0.25) is 0 Å². The molecule has 1 aliphatic heterocycles. The molecule has 0 bridgehead atoms. The highest BCUT2D eigenvalue weighted by atomic mass is 32.2. The van der Waals surface area contributed by atoms with Crippen LogP contribution >= 0.6 is 11.8 Å². The number of aliphatic carboxylic acids is 1. The van der Waals surface area contributed by atoms with Crippen molar-refractivity contribution < 1.29 is 15.2 Å². The number of nitrogens with zero attached hydrogens (tertiary/aromatic N) is 1. The summed E-state index contributed by atoms with van der Waals surface area (Å²) in [6, 6.07) is 14.3. The van der Waals surface area contributed by atoms with Crippen molar-refractivity contribution in [2.75, 3.05) is 5.75 Å². The molecule has 112 valence electrons. The van der Waals surface area contributed by atoms with E-state index in [0.717, 1.165) is 5.56 Å². The van der Waals surface area contributed by atoms with Gasteiger partial charge in [-0.2, -0.15) is 0 Å². The maximum absolute atomic E-state index is 11.0. The Morgan fingerprint density at radius 3 is 2.77 bits per heavy atom. The number of carboxylic acid groups (broad SMARTS) is 1. The van der Waals surface area contributed by atoms with Crippen molar-refractivity contribution in [3.05, 3.63) is 48.0 Å². The third kappa shape index (κ3) is 2.01. The van der Waals surface area contributed by atoms with Gasteiger partial charge < -0.3 is 19.8 Å². The average molecular weight is 312 g/mol. The largest absolute Gasteiger partial charge is 0.544 e. The van der Waals surface area contributed by atoms with E-state index in [1.54, 1.807) is 11.8 Å². The van der Waals surface area contributed by atoms with Crippen molar-refractivity contribution in [1.82, 2.24) is 4.57 Å². The molecule has 2 unspecified atom stereocenters. The fourth-order valence-electron chi connectivity index (χ4n) is 3.25. The van der Waals surface area contributed by atoms with Gasteiger partial charge in [-0.05, 0) is 18.2 Å². The minimum atomic E-state index is -0.971. The van der Waals surface area contributed by atoms with Gasteiger partial charge in [0.15, 0.2) is 5.37 Å². The Labute approximate surface area is 132 Å². The number of aryl methyl sites for hydroxylation is 1. The molecule has 0 radical (unpaired) electrons. The SMILES string of the molecule is Cn1c2ccccc2c2cc(C3[NH2+]C(C(=O)[O-])CS3)ccc21. The summed E-state index contributed by atoms with van der Waals surface area (Å²) in [5.74, 6) is -0.373. The van der Waals surface area contributed by atoms with Crippen molar-refractivity contribution in [1.29, 1.82) is 0 Å². The highest BCUT2D eigenvalue weighted by molar-refractivity contribution is 7.99. The van der Waals surface area contributed by atoms with Gasteiger partial charge >= 0.3 is 0 Å². The van der Waals surface area contributed by atoms with Crippen LogP contribution in [0, 0.1) is 0 Å². The molecule has 1 aliphatic rings. The maximum Gasteiger partial charge on any atom is 0.159 e. The summed E-state index contributed by atoms with van der Waals surface area (Å²) in [6.45, 7) is 0. The molecule has 1 aromatic heterocycles. The number of hydrogen-bond acceptors (Lipinski definition) is 3. The summed E-state index contributed by atoms with van der Waals surface area (Å²) >= 11 is 1.67. The summed E-state index contributed by atoms with van der Waals surface area (Å²) in [7, 11) is 2.08. The van der Waals surface area contributed by atoms with E-state index in [1.165, 1.54) is 21.8 Å². The molecule has 2 heterocycles. The van der Waals surface area contributed by atoms with Gasteiger partial charge in [-0.3, -0.25) is 0 Å². The Balaban J connectivity index is 1.81. The van der Waals surface area contributed by atoms with Gasteiger partial charge in [0.05, 0.1) is 5.75 Å². The quantitative estimate of drug-likeness (QED) is 0.760. The highest BCUT2D eigenvalue weighted by Gasteiger charge is 2.31. The second-order valence-electron chi connectivity index (χ2n) is 5.72. The Bertz CT molecular complexity index is 887. The van der Waals surface area contributed by atoms with Gasteiger partial charge in [-0.25, -0.2) is 0 Å². The molecule has 0 amide bonds. The van der Waals surface area contributed by atoms with Crippen molar-refractivity contribution >= 4 is 39.5 Å². The lowest BCUT2D eigenvalue weighted by molar-refractivity contribution is -0.690. The van der Waals surface area contributed by atoms with E-state index in [1.807, 2.05) is 11.4 Å². The molecule has 1 saturated heterocycles. The molecule has 2 atom stereocenters. The second kappa shape index (κ2) is 5.04. The second-order valence-corrected chi connectivity index (χ2v) is 6.90. The number of carbonyl (C=O) groups excluding carboxylic acids is 1. The van der Waals surface area contributed by atoms with Gasteiger partial charge in [0.1, 0.15) is 12.0 Å². The number of thioether (sulfide) groups is 1. The number of rotatable bonds is 2. The number of nitrogens with two attached hydrogens (primary N) is 1. The van der Waals surface area contributed by atoms with E-state index >= 15 is 0 Å². The highest BCUT2D eigenvalue weighted by Crippen LogP contribution is 2.33. The Morgan fingerprint density at radius 1 is 1.23 bits per heavy atom. The van der Waals surface area contributed by atoms with Crippen molar-refractivity contribution in [3.63, 3.8) is 0 Å². The minimum Gasteiger partial charge on any atom is -0.544 e. The maximum atomic E-state index is 11.0. The third-order valence-electron chi connectivity index (χ3n) is 4.43. The van der Waals surface area contributed by atoms with Crippen LogP contribution in [0.15, 0.2) is 42.5 Å². The first-order valence-electron chi connectivity index (χ1n) is 7.29. The number of aromatic nitrogens is 1. The van der Waals surface area contributed by atoms with Gasteiger partial charge in [0.2, 0.25) is 0 Å². The molecule has 1 fully saturated rings. The van der Waals surface area contributed by atoms with E-state index in [0.29, 0.717) is 5.75 Å². The standard InChI is InChI=1S/C17H16N2O2S/c1-19-14-5-3-2-4-11(14)12-8-10(6-7-15(12)19)16-18-13(9-22-16)17(20)21/h2-8,13,16,18H,9H2,1H3,(H,20,21). The first-order chi connectivity index (χ1) is 10.6. The molecule has 22 heavy (non-hydrogen) atoms. The fraction of sp³-hybridized carbons (Fsp3) is 0.235. The normalized spacial score (nSPS) is 21.7. The van der Waals surface area contributed by atoms with Gasteiger partial charge in [-0.1, -0.05) is 36.0 Å². The molecule has 4 rings (SSSR count). The van der Waals surface area contributed by atoms with Crippen LogP contribution in [-0.4, -0.2) is 22.3 Å². The molecule has 0 aliphatic carbocycles. The number of carbonyl (C=O) groups is 1. The number of hydrogen-bond donors (Lipinski definition) is 1. The third-order valence-corrected chi connectivity index (χ3v) is 5.77. The van der Waals surface area contributed by atoms with Gasteiger partial charge in [0, 0.05) is 34.4 Å². The van der Waals surface area contributed by atoms with Crippen LogP contribution in [0.4, 0.5) is 0 Å². The zero-order valence-electron chi connectivity index (χ0n) is 12.2. The smallest absolute Gasteiger partial charge is 0.159 e. The first kappa shape index (κ1) is 13.7. The molecule has 5 heteroatoms. The van der Waals surface area contributed by atoms with E-state index < -0.39 is 12.0 Å². The number of carboxylic acids is 1. The molecular weight excluding hydrogens is 296 g/mol. The number of benzene rings is 2. The Kier molecular flexibility index (Phi) is 3.13. The van der Waals surface area contributed by atoms with Crippen LogP contribution < -0.4 is 10.4 Å². The van der Waals surface area contributed by atoms with Crippen molar-refractivity contribution in [2.24, 2.45) is 7.05 Å². The molecule has 4 nitrogen and oxygen atoms in total. The van der Waals surface area contributed by atoms with Gasteiger partial charge in [0.25, 0.3) is 0 Å². The van der Waals surface area contributed by atoms with Crippen LogP contribution in [-0.2, 0) is 11.8 Å². The Morgan fingerprint density at radius 2 is 2.00 bits per heavy atom. The molecule has 2 aromatic carbocycles. The lowest BCUT2D eigenvalue weighted by Gasteiger charge is -2.11. The summed E-state index contributed by atoms with van der Waals surface area (Å²) in [5, 5.41) is 15.5. The monoisotopic (exact) mass is 312 g/mol. The topological polar surface area (TPSA) is 61.7 Å². The summed E-state index contributed by atoms with van der Waals surface area (Å²) < 4.78 is 2.20. The van der Waals surface area contributed by atoms with E-state index in [9.17, 15) is 9.90 Å². The lowest BCUT2D eigenvalue weighted by atomic mass is 10.1. The average Bonchev–Trinajstić information content (AvgIpc) is 3.13. The zero-order valence-corrected chi connectivity index (χ0v) is 13.0. The molecule has 3 aromatic rings.